The minimum Gasteiger partial charge on any atom is -0.411 e. The van der Waals surface area contributed by atoms with Crippen molar-refractivity contribution in [3.63, 3.8) is 0 Å². The number of nitrogens with zero attached hydrogens (tertiary/aromatic N) is 3. The third kappa shape index (κ3) is 5.47. The Kier molecular flexibility index (Phi) is 8.84. The molecule has 0 atom stereocenters. The van der Waals surface area contributed by atoms with E-state index in [1.54, 1.807) is 6.07 Å². The summed E-state index contributed by atoms with van der Waals surface area (Å²) >= 11 is 8.71. The third-order valence-electron chi connectivity index (χ3n) is 5.25. The van der Waals surface area contributed by atoms with E-state index < -0.39 is 14.1 Å². The lowest BCUT2D eigenvalue weighted by Gasteiger charge is -2.42. The summed E-state index contributed by atoms with van der Waals surface area (Å²) in [6.07, 6.45) is 1.93. The molecule has 0 aliphatic rings. The van der Waals surface area contributed by atoms with E-state index in [0.29, 0.717) is 34.0 Å². The first-order chi connectivity index (χ1) is 13.6. The molecule has 1 aromatic carbocycles. The molecule has 4 nitrogen and oxygen atoms in total. The number of hydrogen-bond donors (Lipinski definition) is 0. The van der Waals surface area contributed by atoms with Crippen molar-refractivity contribution in [1.82, 2.24) is 9.59 Å². The molecule has 0 bridgehead atoms. The van der Waals surface area contributed by atoms with Crippen molar-refractivity contribution in [1.29, 1.82) is 0 Å². The fourth-order valence-electron chi connectivity index (χ4n) is 4.02. The van der Waals surface area contributed by atoms with Crippen LogP contribution in [0.25, 0.3) is 0 Å². The second kappa shape index (κ2) is 10.5. The van der Waals surface area contributed by atoms with E-state index in [-0.39, 0.29) is 5.02 Å². The molecule has 160 valence electrons. The van der Waals surface area contributed by atoms with Crippen molar-refractivity contribution < 1.29 is 8.82 Å². The molecule has 0 saturated carbocycles. The first-order valence-electron chi connectivity index (χ1n) is 9.66. The highest BCUT2D eigenvalue weighted by atomic mass is 35.5. The van der Waals surface area contributed by atoms with E-state index in [1.165, 1.54) is 35.4 Å². The van der Waals surface area contributed by atoms with E-state index in [4.69, 9.17) is 16.0 Å². The van der Waals surface area contributed by atoms with Gasteiger partial charge in [-0.25, -0.2) is 9.38 Å². The summed E-state index contributed by atoms with van der Waals surface area (Å²) < 4.78 is 24.3. The molecule has 0 aliphatic heterocycles. The van der Waals surface area contributed by atoms with Crippen LogP contribution in [0.4, 0.5) is 10.1 Å². The first kappa shape index (κ1) is 24.5. The number of rotatable bonds is 8. The molecule has 0 spiro atoms. The van der Waals surface area contributed by atoms with Crippen LogP contribution in [0.1, 0.15) is 52.1 Å². The minimum atomic E-state index is -1.99. The maximum atomic E-state index is 13.4. The molecule has 2 aromatic rings. The Morgan fingerprint density at radius 3 is 2.34 bits per heavy atom. The number of hydrogen-bond acceptors (Lipinski definition) is 6. The summed E-state index contributed by atoms with van der Waals surface area (Å²) in [4.78, 5) is 5.58. The number of aliphatic imine (C=N–C) groups is 1. The van der Waals surface area contributed by atoms with E-state index in [2.05, 4.69) is 56.1 Å². The molecular formula is C20H29ClFN3OS2Si. The Hall–Kier alpha value is -0.803. The molecule has 0 amide bonds. The highest BCUT2D eigenvalue weighted by molar-refractivity contribution is 8.13. The molecule has 29 heavy (non-hydrogen) atoms. The first-order valence-corrected chi connectivity index (χ1v) is 14.2. The number of halogens is 2. The zero-order valence-electron chi connectivity index (χ0n) is 18.0. The fourth-order valence-corrected chi connectivity index (χ4v) is 10.9. The van der Waals surface area contributed by atoms with E-state index >= 15 is 0 Å². The van der Waals surface area contributed by atoms with Crippen LogP contribution in [0.2, 0.25) is 21.6 Å². The van der Waals surface area contributed by atoms with Gasteiger partial charge in [0.15, 0.2) is 0 Å². The van der Waals surface area contributed by atoms with Gasteiger partial charge < -0.3 is 4.43 Å². The van der Waals surface area contributed by atoms with Crippen LogP contribution >= 0.6 is 34.9 Å². The van der Waals surface area contributed by atoms with Crippen LogP contribution in [0.3, 0.4) is 0 Å². The molecule has 0 saturated heterocycles. The van der Waals surface area contributed by atoms with Gasteiger partial charge in [0.2, 0.25) is 8.32 Å². The van der Waals surface area contributed by atoms with Gasteiger partial charge in [-0.05, 0) is 52.6 Å². The molecule has 0 aliphatic carbocycles. The Balaban J connectivity index is 2.33. The quantitative estimate of drug-likeness (QED) is 0.226. The van der Waals surface area contributed by atoms with E-state index in [0.717, 1.165) is 10.6 Å². The summed E-state index contributed by atoms with van der Waals surface area (Å²) in [6, 6.07) is 4.43. The monoisotopic (exact) mass is 473 g/mol. The fraction of sp³-hybridized carbons (Fsp3) is 0.550. The second-order valence-electron chi connectivity index (χ2n) is 7.87. The molecule has 0 fully saturated rings. The van der Waals surface area contributed by atoms with Crippen LogP contribution in [0, 0.1) is 5.82 Å². The van der Waals surface area contributed by atoms with Crippen molar-refractivity contribution in [2.75, 3.05) is 6.26 Å². The third-order valence-corrected chi connectivity index (χ3v) is 13.0. The number of aromatic nitrogens is 2. The van der Waals surface area contributed by atoms with Crippen LogP contribution in [0.5, 0.6) is 0 Å². The highest BCUT2D eigenvalue weighted by Crippen LogP contribution is 2.43. The molecule has 0 radical (unpaired) electrons. The normalized spacial score (nSPS) is 13.2. The van der Waals surface area contributed by atoms with Gasteiger partial charge in [0, 0.05) is 0 Å². The lowest BCUT2D eigenvalue weighted by atomic mass is 10.3. The Labute approximate surface area is 187 Å². The molecule has 2 rings (SSSR count). The standard InChI is InChI=1S/C20H29ClFN3OS2Si/c1-12(2)29(13(3)4,14(5)6)26-11-18-19(24-25-28-18)20(27-7)23-15-8-9-17(22)16(21)10-15/h8-10,12-14H,11H2,1-7H3. The number of thioether (sulfide) groups is 1. The molecule has 9 heteroatoms. The summed E-state index contributed by atoms with van der Waals surface area (Å²) in [6.45, 7) is 14.1. The van der Waals surface area contributed by atoms with Crippen molar-refractivity contribution in [3.8, 4) is 0 Å². The maximum Gasteiger partial charge on any atom is 0.200 e. The summed E-state index contributed by atoms with van der Waals surface area (Å²) in [5.41, 5.74) is 2.81. The Morgan fingerprint density at radius 1 is 1.21 bits per heavy atom. The van der Waals surface area contributed by atoms with Gasteiger partial charge in [-0.15, -0.1) is 16.9 Å². The van der Waals surface area contributed by atoms with Crippen molar-refractivity contribution >= 4 is 53.9 Å². The van der Waals surface area contributed by atoms with Gasteiger partial charge in [0.05, 0.1) is 22.2 Å². The van der Waals surface area contributed by atoms with Gasteiger partial charge in [-0.1, -0.05) is 57.6 Å². The topological polar surface area (TPSA) is 47.4 Å². The van der Waals surface area contributed by atoms with Crippen LogP contribution in [-0.2, 0) is 11.0 Å². The summed E-state index contributed by atoms with van der Waals surface area (Å²) in [7, 11) is -1.99. The smallest absolute Gasteiger partial charge is 0.200 e. The van der Waals surface area contributed by atoms with Gasteiger partial charge in [-0.3, -0.25) is 0 Å². The summed E-state index contributed by atoms with van der Waals surface area (Å²) in [5, 5.41) is 5.07. The van der Waals surface area contributed by atoms with Crippen LogP contribution in [0.15, 0.2) is 23.2 Å². The Morgan fingerprint density at radius 2 is 1.83 bits per heavy atom. The van der Waals surface area contributed by atoms with Gasteiger partial charge in [-0.2, -0.15) is 0 Å². The predicted octanol–water partition coefficient (Wildman–Crippen LogP) is 7.46. The molecule has 0 N–H and O–H groups in total. The van der Waals surface area contributed by atoms with Gasteiger partial charge in [0.25, 0.3) is 0 Å². The van der Waals surface area contributed by atoms with Gasteiger partial charge in [0.1, 0.15) is 16.6 Å². The molecular weight excluding hydrogens is 445 g/mol. The number of benzene rings is 1. The summed E-state index contributed by atoms with van der Waals surface area (Å²) in [5.74, 6) is -0.460. The molecule has 1 heterocycles. The zero-order valence-corrected chi connectivity index (χ0v) is 21.4. The SMILES string of the molecule is CSC(=Nc1ccc(F)c(Cl)c1)c1nnsc1CO[Si](C(C)C)(C(C)C)C(C)C. The average molecular weight is 474 g/mol. The maximum absolute atomic E-state index is 13.4. The minimum absolute atomic E-state index is 0.0493. The predicted molar refractivity (Wildman–Crippen MR) is 127 cm³/mol. The van der Waals surface area contributed by atoms with Crippen molar-refractivity contribution in [2.24, 2.45) is 4.99 Å². The largest absolute Gasteiger partial charge is 0.411 e. The lowest BCUT2D eigenvalue weighted by molar-refractivity contribution is 0.268. The molecule has 0 unspecified atom stereocenters. The van der Waals surface area contributed by atoms with E-state index in [1.807, 2.05) is 6.26 Å². The van der Waals surface area contributed by atoms with Crippen LogP contribution < -0.4 is 0 Å². The Bertz CT molecular complexity index is 836. The second-order valence-corrected chi connectivity index (χ2v) is 15.4. The average Bonchev–Trinajstić information content (AvgIpc) is 3.10. The zero-order chi connectivity index (χ0) is 21.8. The van der Waals surface area contributed by atoms with Crippen molar-refractivity contribution in [3.05, 3.63) is 39.6 Å². The van der Waals surface area contributed by atoms with Gasteiger partial charge >= 0.3 is 0 Å². The lowest BCUT2D eigenvalue weighted by Crippen LogP contribution is -2.47. The van der Waals surface area contributed by atoms with Crippen molar-refractivity contribution in [2.45, 2.75) is 64.8 Å². The molecule has 1 aromatic heterocycles. The highest BCUT2D eigenvalue weighted by Gasteiger charge is 2.45. The van der Waals surface area contributed by atoms with E-state index in [9.17, 15) is 4.39 Å². The van der Waals surface area contributed by atoms with Crippen LogP contribution in [-0.4, -0.2) is 29.2 Å².